The molecule has 0 unspecified atom stereocenters. The third kappa shape index (κ3) is 4.09. The van der Waals surface area contributed by atoms with Crippen LogP contribution in [0.1, 0.15) is 0 Å². The third-order valence-corrected chi connectivity index (χ3v) is 4.48. The summed E-state index contributed by atoms with van der Waals surface area (Å²) in [4.78, 5) is 13.9. The van der Waals surface area contributed by atoms with E-state index in [0.717, 1.165) is 10.0 Å². The normalized spacial score (nSPS) is 10.3. The average Bonchev–Trinajstić information content (AvgIpc) is 2.89. The highest BCUT2D eigenvalue weighted by molar-refractivity contribution is 8.01. The minimum atomic E-state index is -0.101. The van der Waals surface area contributed by atoms with Crippen LogP contribution in [0.3, 0.4) is 0 Å². The zero-order valence-electron chi connectivity index (χ0n) is 11.0. The van der Waals surface area contributed by atoms with E-state index in [1.807, 2.05) is 25.1 Å². The van der Waals surface area contributed by atoms with Crippen LogP contribution in [0, 0.1) is 0 Å². The first-order chi connectivity index (χ1) is 9.56. The molecule has 0 aliphatic rings. The standard InChI is InChI=1S/C12H13ClN4OS2/c1-17(2)10-4-3-8(13)5-9(10)15-11(18)6-19-12-16-14-7-20-12/h3-5,7H,6H2,1-2H3,(H,15,18). The summed E-state index contributed by atoms with van der Waals surface area (Å²) >= 11 is 8.74. The lowest BCUT2D eigenvalue weighted by Gasteiger charge is -2.18. The minimum Gasteiger partial charge on any atom is -0.376 e. The number of nitrogens with one attached hydrogen (secondary N) is 1. The van der Waals surface area contributed by atoms with Crippen LogP contribution >= 0.6 is 34.7 Å². The molecular weight excluding hydrogens is 316 g/mol. The molecule has 1 aromatic heterocycles. The van der Waals surface area contributed by atoms with Crippen LogP contribution in [0.15, 0.2) is 28.0 Å². The smallest absolute Gasteiger partial charge is 0.234 e. The number of halogens is 1. The fourth-order valence-electron chi connectivity index (χ4n) is 1.54. The highest BCUT2D eigenvalue weighted by atomic mass is 35.5. The number of carbonyl (C=O) groups is 1. The number of nitrogens with zero attached hydrogens (tertiary/aromatic N) is 3. The van der Waals surface area contributed by atoms with E-state index < -0.39 is 0 Å². The predicted molar refractivity (Wildman–Crippen MR) is 85.0 cm³/mol. The molecule has 0 spiro atoms. The number of amides is 1. The van der Waals surface area contributed by atoms with E-state index in [2.05, 4.69) is 15.5 Å². The van der Waals surface area contributed by atoms with E-state index >= 15 is 0 Å². The van der Waals surface area contributed by atoms with Gasteiger partial charge >= 0.3 is 0 Å². The maximum atomic E-state index is 12.0. The van der Waals surface area contributed by atoms with Gasteiger partial charge in [-0.15, -0.1) is 10.2 Å². The van der Waals surface area contributed by atoms with Gasteiger partial charge in [0, 0.05) is 19.1 Å². The number of anilines is 2. The van der Waals surface area contributed by atoms with Crippen molar-refractivity contribution in [3.8, 4) is 0 Å². The van der Waals surface area contributed by atoms with Gasteiger partial charge in [0.1, 0.15) is 5.51 Å². The lowest BCUT2D eigenvalue weighted by atomic mass is 10.2. The molecular formula is C12H13ClN4OS2. The van der Waals surface area contributed by atoms with Crippen molar-refractivity contribution in [2.45, 2.75) is 4.34 Å². The van der Waals surface area contributed by atoms with Gasteiger partial charge in [-0.1, -0.05) is 34.7 Å². The number of carbonyl (C=O) groups excluding carboxylic acids is 1. The van der Waals surface area contributed by atoms with E-state index in [0.29, 0.717) is 10.7 Å². The third-order valence-electron chi connectivity index (χ3n) is 2.38. The Labute approximate surface area is 130 Å². The quantitative estimate of drug-likeness (QED) is 0.855. The Morgan fingerprint density at radius 3 is 2.95 bits per heavy atom. The molecule has 0 bridgehead atoms. The average molecular weight is 329 g/mol. The fraction of sp³-hybridized carbons (Fsp3) is 0.250. The first-order valence-electron chi connectivity index (χ1n) is 5.72. The summed E-state index contributed by atoms with van der Waals surface area (Å²) in [5.41, 5.74) is 3.25. The van der Waals surface area contributed by atoms with Gasteiger partial charge in [0.15, 0.2) is 4.34 Å². The summed E-state index contributed by atoms with van der Waals surface area (Å²) in [5.74, 6) is 0.185. The van der Waals surface area contributed by atoms with Gasteiger partial charge in [0.25, 0.3) is 0 Å². The first kappa shape index (κ1) is 15.1. The number of thioether (sulfide) groups is 1. The molecule has 0 radical (unpaired) electrons. The molecule has 0 saturated heterocycles. The Kier molecular flexibility index (Phi) is 5.22. The van der Waals surface area contributed by atoms with Crippen molar-refractivity contribution in [3.05, 3.63) is 28.7 Å². The summed E-state index contributed by atoms with van der Waals surface area (Å²) in [6, 6.07) is 5.41. The molecule has 20 heavy (non-hydrogen) atoms. The topological polar surface area (TPSA) is 58.1 Å². The van der Waals surface area contributed by atoms with Gasteiger partial charge in [-0.2, -0.15) is 0 Å². The lowest BCUT2D eigenvalue weighted by molar-refractivity contribution is -0.113. The predicted octanol–water partition coefficient (Wildman–Crippen LogP) is 2.99. The second-order valence-corrected chi connectivity index (χ2v) is 6.59. The van der Waals surface area contributed by atoms with E-state index in [1.54, 1.807) is 17.6 Å². The van der Waals surface area contributed by atoms with Crippen LogP contribution in [0.4, 0.5) is 11.4 Å². The number of hydrogen-bond donors (Lipinski definition) is 1. The summed E-state index contributed by atoms with van der Waals surface area (Å²) in [5, 5.41) is 11.1. The van der Waals surface area contributed by atoms with E-state index in [1.165, 1.54) is 23.1 Å². The van der Waals surface area contributed by atoms with Gasteiger partial charge < -0.3 is 10.2 Å². The lowest BCUT2D eigenvalue weighted by Crippen LogP contribution is -2.18. The molecule has 0 saturated carbocycles. The Morgan fingerprint density at radius 2 is 2.30 bits per heavy atom. The molecule has 0 aliphatic carbocycles. The van der Waals surface area contributed by atoms with E-state index in [4.69, 9.17) is 11.6 Å². The molecule has 1 heterocycles. The van der Waals surface area contributed by atoms with Crippen molar-refractivity contribution in [1.29, 1.82) is 0 Å². The first-order valence-corrected chi connectivity index (χ1v) is 7.96. The van der Waals surface area contributed by atoms with Gasteiger partial charge in [0.2, 0.25) is 5.91 Å². The summed E-state index contributed by atoms with van der Waals surface area (Å²) in [7, 11) is 3.82. The van der Waals surface area contributed by atoms with Gasteiger partial charge in [-0.3, -0.25) is 4.79 Å². The molecule has 0 fully saturated rings. The molecule has 2 rings (SSSR count). The highest BCUT2D eigenvalue weighted by Gasteiger charge is 2.10. The van der Waals surface area contributed by atoms with Crippen LogP contribution in [-0.4, -0.2) is 36.0 Å². The Balaban J connectivity index is 2.01. The zero-order chi connectivity index (χ0) is 14.5. The maximum Gasteiger partial charge on any atom is 0.234 e. The maximum absolute atomic E-state index is 12.0. The van der Waals surface area contributed by atoms with Crippen LogP contribution in [-0.2, 0) is 4.79 Å². The Morgan fingerprint density at radius 1 is 1.50 bits per heavy atom. The van der Waals surface area contributed by atoms with Crippen molar-refractivity contribution in [3.63, 3.8) is 0 Å². The van der Waals surface area contributed by atoms with Gasteiger partial charge in [0.05, 0.1) is 17.1 Å². The number of rotatable bonds is 5. The van der Waals surface area contributed by atoms with Crippen molar-refractivity contribution in [2.24, 2.45) is 0 Å². The molecule has 1 aromatic carbocycles. The molecule has 8 heteroatoms. The molecule has 1 amide bonds. The molecule has 1 N–H and O–H groups in total. The van der Waals surface area contributed by atoms with Crippen molar-refractivity contribution < 1.29 is 4.79 Å². The zero-order valence-corrected chi connectivity index (χ0v) is 13.3. The second kappa shape index (κ2) is 6.92. The monoisotopic (exact) mass is 328 g/mol. The van der Waals surface area contributed by atoms with E-state index in [9.17, 15) is 4.79 Å². The van der Waals surface area contributed by atoms with Crippen LogP contribution < -0.4 is 10.2 Å². The van der Waals surface area contributed by atoms with Crippen molar-refractivity contribution in [2.75, 3.05) is 30.1 Å². The van der Waals surface area contributed by atoms with Crippen LogP contribution in [0.25, 0.3) is 0 Å². The molecule has 0 atom stereocenters. The SMILES string of the molecule is CN(C)c1ccc(Cl)cc1NC(=O)CSc1nncs1. The molecule has 2 aromatic rings. The number of aromatic nitrogens is 2. The van der Waals surface area contributed by atoms with Gasteiger partial charge in [-0.25, -0.2) is 0 Å². The molecule has 106 valence electrons. The fourth-order valence-corrected chi connectivity index (χ4v) is 3.00. The second-order valence-electron chi connectivity index (χ2n) is 4.10. The van der Waals surface area contributed by atoms with Crippen molar-refractivity contribution >= 4 is 52.0 Å². The summed E-state index contributed by atoms with van der Waals surface area (Å²) < 4.78 is 0.777. The van der Waals surface area contributed by atoms with Gasteiger partial charge in [-0.05, 0) is 18.2 Å². The van der Waals surface area contributed by atoms with Crippen molar-refractivity contribution in [1.82, 2.24) is 10.2 Å². The molecule has 5 nitrogen and oxygen atoms in total. The Bertz CT molecular complexity index is 589. The number of hydrogen-bond acceptors (Lipinski definition) is 6. The molecule has 0 aliphatic heterocycles. The largest absolute Gasteiger partial charge is 0.376 e. The Hall–Kier alpha value is -1.31. The van der Waals surface area contributed by atoms with Crippen LogP contribution in [0.2, 0.25) is 5.02 Å². The highest BCUT2D eigenvalue weighted by Crippen LogP contribution is 2.28. The summed E-state index contributed by atoms with van der Waals surface area (Å²) in [6.45, 7) is 0. The summed E-state index contributed by atoms with van der Waals surface area (Å²) in [6.07, 6.45) is 0. The van der Waals surface area contributed by atoms with E-state index in [-0.39, 0.29) is 11.7 Å². The minimum absolute atomic E-state index is 0.101. The number of benzene rings is 1. The van der Waals surface area contributed by atoms with Crippen LogP contribution in [0.5, 0.6) is 0 Å².